The van der Waals surface area contributed by atoms with Gasteiger partial charge in [0.25, 0.3) is 0 Å². The number of hydrogen-bond donors (Lipinski definition) is 2. The Labute approximate surface area is 129 Å². The molecule has 0 atom stereocenters. The van der Waals surface area contributed by atoms with Crippen LogP contribution in [0.3, 0.4) is 0 Å². The molecule has 0 radical (unpaired) electrons. The Hall–Kier alpha value is -1.22. The van der Waals surface area contributed by atoms with Crippen LogP contribution in [0.2, 0.25) is 0 Å². The summed E-state index contributed by atoms with van der Waals surface area (Å²) >= 11 is 1.45. The molecule has 2 aromatic heterocycles. The van der Waals surface area contributed by atoms with Crippen molar-refractivity contribution in [2.24, 2.45) is 0 Å². The fourth-order valence-electron chi connectivity index (χ4n) is 1.71. The average Bonchev–Trinajstić information content (AvgIpc) is 3.07. The second kappa shape index (κ2) is 7.17. The Bertz CT molecular complexity index is 648. The summed E-state index contributed by atoms with van der Waals surface area (Å²) in [6.45, 7) is 5.63. The van der Waals surface area contributed by atoms with Crippen molar-refractivity contribution in [2.45, 2.75) is 37.9 Å². The summed E-state index contributed by atoms with van der Waals surface area (Å²) in [4.78, 5) is 1.34. The zero-order valence-corrected chi connectivity index (χ0v) is 13.7. The molecule has 0 spiro atoms. The van der Waals surface area contributed by atoms with Crippen LogP contribution >= 0.6 is 11.3 Å². The molecule has 0 amide bonds. The molecule has 2 aromatic rings. The predicted octanol–water partition coefficient (Wildman–Crippen LogP) is 1.42. The van der Waals surface area contributed by atoms with Crippen molar-refractivity contribution in [3.8, 4) is 0 Å². The van der Waals surface area contributed by atoms with Gasteiger partial charge in [-0.1, -0.05) is 13.8 Å². The summed E-state index contributed by atoms with van der Waals surface area (Å²) in [5, 5.41) is 8.98. The first-order valence-corrected chi connectivity index (χ1v) is 9.11. The Balaban J connectivity index is 1.89. The van der Waals surface area contributed by atoms with Gasteiger partial charge in [0.15, 0.2) is 0 Å². The largest absolute Gasteiger partial charge is 0.310 e. The maximum Gasteiger partial charge on any atom is 0.241 e. The number of thiophene rings is 1. The van der Waals surface area contributed by atoms with Crippen LogP contribution in [0.25, 0.3) is 0 Å². The van der Waals surface area contributed by atoms with Gasteiger partial charge in [-0.25, -0.2) is 13.1 Å². The highest BCUT2D eigenvalue weighted by atomic mass is 32.2. The van der Waals surface area contributed by atoms with Gasteiger partial charge < -0.3 is 5.32 Å². The van der Waals surface area contributed by atoms with Gasteiger partial charge in [0.1, 0.15) is 0 Å². The summed E-state index contributed by atoms with van der Waals surface area (Å²) < 4.78 is 28.6. The van der Waals surface area contributed by atoms with Crippen molar-refractivity contribution in [1.29, 1.82) is 0 Å². The van der Waals surface area contributed by atoms with Crippen LogP contribution in [0.5, 0.6) is 0 Å². The number of nitrogens with one attached hydrogen (secondary N) is 2. The molecule has 116 valence electrons. The number of aromatic nitrogens is 2. The maximum atomic E-state index is 12.2. The van der Waals surface area contributed by atoms with E-state index in [0.717, 1.165) is 4.88 Å². The third-order valence-electron chi connectivity index (χ3n) is 2.82. The quantitative estimate of drug-likeness (QED) is 0.768. The number of hydrogen-bond acceptors (Lipinski definition) is 5. The van der Waals surface area contributed by atoms with Crippen molar-refractivity contribution >= 4 is 21.4 Å². The standard InChI is InChI=1S/C13H20N4O2S2/c1-11(2)14-9-12-8-13(10-20-12)21(18,19)16-5-7-17-6-3-4-15-17/h3-4,6,8,10-11,14,16H,5,7,9H2,1-2H3. The first kappa shape index (κ1) is 16.2. The summed E-state index contributed by atoms with van der Waals surface area (Å²) in [6, 6.07) is 3.90. The molecule has 0 bridgehead atoms. The molecule has 0 saturated heterocycles. The lowest BCUT2D eigenvalue weighted by molar-refractivity contribution is 0.561. The normalized spacial score (nSPS) is 12.1. The summed E-state index contributed by atoms with van der Waals surface area (Å²) in [7, 11) is -3.44. The zero-order valence-electron chi connectivity index (χ0n) is 12.1. The van der Waals surface area contributed by atoms with Gasteiger partial charge in [-0.05, 0) is 12.1 Å². The minimum atomic E-state index is -3.44. The Morgan fingerprint density at radius 2 is 2.24 bits per heavy atom. The third-order valence-corrected chi connectivity index (χ3v) is 5.34. The van der Waals surface area contributed by atoms with E-state index in [9.17, 15) is 8.42 Å². The molecular formula is C13H20N4O2S2. The van der Waals surface area contributed by atoms with Crippen LogP contribution in [0, 0.1) is 0 Å². The molecule has 0 aliphatic heterocycles. The minimum absolute atomic E-state index is 0.319. The van der Waals surface area contributed by atoms with Crippen LogP contribution in [-0.2, 0) is 23.1 Å². The Morgan fingerprint density at radius 3 is 2.90 bits per heavy atom. The first-order chi connectivity index (χ1) is 9.97. The molecule has 2 N–H and O–H groups in total. The van der Waals surface area contributed by atoms with Crippen LogP contribution in [0.15, 0.2) is 34.8 Å². The van der Waals surface area contributed by atoms with E-state index >= 15 is 0 Å². The Morgan fingerprint density at radius 1 is 1.43 bits per heavy atom. The smallest absolute Gasteiger partial charge is 0.241 e. The lowest BCUT2D eigenvalue weighted by Crippen LogP contribution is -2.27. The minimum Gasteiger partial charge on any atom is -0.310 e. The van der Waals surface area contributed by atoms with Crippen LogP contribution in [0.4, 0.5) is 0 Å². The molecule has 6 nitrogen and oxygen atoms in total. The van der Waals surface area contributed by atoms with Gasteiger partial charge >= 0.3 is 0 Å². The van der Waals surface area contributed by atoms with Gasteiger partial charge in [0.2, 0.25) is 10.0 Å². The molecule has 2 rings (SSSR count). The zero-order chi connectivity index (χ0) is 15.3. The lowest BCUT2D eigenvalue weighted by atomic mass is 10.4. The van der Waals surface area contributed by atoms with E-state index in [1.54, 1.807) is 34.6 Å². The number of rotatable bonds is 8. The van der Waals surface area contributed by atoms with Crippen molar-refractivity contribution in [1.82, 2.24) is 19.8 Å². The lowest BCUT2D eigenvalue weighted by Gasteiger charge is -2.06. The van der Waals surface area contributed by atoms with Crippen molar-refractivity contribution in [3.63, 3.8) is 0 Å². The molecule has 8 heteroatoms. The highest BCUT2D eigenvalue weighted by Crippen LogP contribution is 2.19. The number of sulfonamides is 1. The van der Waals surface area contributed by atoms with E-state index in [-0.39, 0.29) is 0 Å². The van der Waals surface area contributed by atoms with Gasteiger partial charge in [-0.2, -0.15) is 5.10 Å². The number of nitrogens with zero attached hydrogens (tertiary/aromatic N) is 2. The second-order valence-corrected chi connectivity index (χ2v) is 7.71. The molecular weight excluding hydrogens is 308 g/mol. The Kier molecular flexibility index (Phi) is 5.51. The van der Waals surface area contributed by atoms with E-state index in [0.29, 0.717) is 30.6 Å². The highest BCUT2D eigenvalue weighted by Gasteiger charge is 2.15. The van der Waals surface area contributed by atoms with Gasteiger partial charge in [0.05, 0.1) is 11.4 Å². The van der Waals surface area contributed by atoms with Crippen LogP contribution in [-0.4, -0.2) is 30.8 Å². The van der Waals surface area contributed by atoms with Crippen LogP contribution < -0.4 is 10.0 Å². The third kappa shape index (κ3) is 4.92. The molecule has 21 heavy (non-hydrogen) atoms. The second-order valence-electron chi connectivity index (χ2n) is 4.95. The SMILES string of the molecule is CC(C)NCc1cc(S(=O)(=O)NCCn2cccn2)cs1. The van der Waals surface area contributed by atoms with E-state index in [1.807, 2.05) is 0 Å². The molecule has 2 heterocycles. The van der Waals surface area contributed by atoms with E-state index < -0.39 is 10.0 Å². The monoisotopic (exact) mass is 328 g/mol. The van der Waals surface area contributed by atoms with E-state index in [4.69, 9.17) is 0 Å². The van der Waals surface area contributed by atoms with Gasteiger partial charge in [-0.3, -0.25) is 4.68 Å². The fourth-order valence-corrected chi connectivity index (χ4v) is 3.96. The van der Waals surface area contributed by atoms with Gasteiger partial charge in [-0.15, -0.1) is 11.3 Å². The van der Waals surface area contributed by atoms with Crippen molar-refractivity contribution < 1.29 is 8.42 Å². The predicted molar refractivity (Wildman–Crippen MR) is 83.7 cm³/mol. The summed E-state index contributed by atoms with van der Waals surface area (Å²) in [6.07, 6.45) is 3.47. The first-order valence-electron chi connectivity index (χ1n) is 6.75. The van der Waals surface area contributed by atoms with Crippen LogP contribution in [0.1, 0.15) is 18.7 Å². The van der Waals surface area contributed by atoms with E-state index in [2.05, 4.69) is 29.0 Å². The summed E-state index contributed by atoms with van der Waals surface area (Å²) in [5.74, 6) is 0. The van der Waals surface area contributed by atoms with Crippen molar-refractivity contribution in [2.75, 3.05) is 6.54 Å². The van der Waals surface area contributed by atoms with Crippen molar-refractivity contribution in [3.05, 3.63) is 34.8 Å². The molecule has 0 aromatic carbocycles. The molecule has 0 fully saturated rings. The van der Waals surface area contributed by atoms with Gasteiger partial charge in [0, 0.05) is 41.8 Å². The van der Waals surface area contributed by atoms with E-state index in [1.165, 1.54) is 11.3 Å². The average molecular weight is 328 g/mol. The molecule has 0 saturated carbocycles. The highest BCUT2D eigenvalue weighted by molar-refractivity contribution is 7.89. The maximum absolute atomic E-state index is 12.2. The topological polar surface area (TPSA) is 76.0 Å². The molecule has 0 unspecified atom stereocenters. The summed E-state index contributed by atoms with van der Waals surface area (Å²) in [5.41, 5.74) is 0. The molecule has 0 aliphatic rings. The molecule has 0 aliphatic carbocycles. The fraction of sp³-hybridized carbons (Fsp3) is 0.462.